The summed E-state index contributed by atoms with van der Waals surface area (Å²) >= 11 is 1.78. The smallest absolute Gasteiger partial charge is 0.165 e. The molecule has 0 saturated heterocycles. The Bertz CT molecular complexity index is 3560. The van der Waals surface area contributed by atoms with Gasteiger partial charge < -0.3 is 4.42 Å². The summed E-state index contributed by atoms with van der Waals surface area (Å²) in [6, 6.07) is 62.0. The quantitative estimate of drug-likeness (QED) is 0.169. The molecular formula is C51H29N3OS. The first-order valence-electron chi connectivity index (χ1n) is 18.8. The maximum absolute atomic E-state index is 6.34. The zero-order chi connectivity index (χ0) is 36.7. The Balaban J connectivity index is 1.15. The van der Waals surface area contributed by atoms with Crippen molar-refractivity contribution in [2.75, 3.05) is 0 Å². The standard InChI is InChI=1S/C51H29N3OS/c1-2-13-32-30(12-1)26-27-31-28-29-34-36(46(31)32)18-9-21-40(34)50-52-49(53-51(54-50)42-22-10-20-38-35-15-6-8-25-45(35)56-48(38)42)39-16-4-3-14-33(39)37-19-11-24-44-47(37)41-17-5-7-23-43(41)55-44/h1-29H. The second kappa shape index (κ2) is 12.2. The van der Waals surface area contributed by atoms with E-state index in [0.717, 1.165) is 59.8 Å². The summed E-state index contributed by atoms with van der Waals surface area (Å²) in [5.41, 5.74) is 6.70. The lowest BCUT2D eigenvalue weighted by Gasteiger charge is -2.14. The van der Waals surface area contributed by atoms with Crippen molar-refractivity contribution in [3.8, 4) is 45.3 Å². The van der Waals surface area contributed by atoms with Crippen LogP contribution in [0.1, 0.15) is 0 Å². The van der Waals surface area contributed by atoms with Crippen molar-refractivity contribution in [1.82, 2.24) is 15.0 Å². The molecule has 0 amide bonds. The Hall–Kier alpha value is -7.21. The topological polar surface area (TPSA) is 51.8 Å². The minimum atomic E-state index is 0.617. The second-order valence-electron chi connectivity index (χ2n) is 14.3. The molecule has 260 valence electrons. The van der Waals surface area contributed by atoms with Gasteiger partial charge in [0, 0.05) is 47.6 Å². The first-order valence-corrected chi connectivity index (χ1v) is 19.6. The number of aromatic nitrogens is 3. The zero-order valence-electron chi connectivity index (χ0n) is 29.9. The highest BCUT2D eigenvalue weighted by Gasteiger charge is 2.21. The van der Waals surface area contributed by atoms with Crippen LogP contribution in [-0.2, 0) is 0 Å². The minimum Gasteiger partial charge on any atom is -0.456 e. The molecule has 4 nitrogen and oxygen atoms in total. The molecule has 0 bridgehead atoms. The van der Waals surface area contributed by atoms with E-state index < -0.39 is 0 Å². The molecule has 9 aromatic carbocycles. The number of benzene rings is 9. The van der Waals surface area contributed by atoms with E-state index in [1.807, 2.05) is 18.2 Å². The maximum atomic E-state index is 6.34. The third kappa shape index (κ3) is 4.68. The molecule has 0 radical (unpaired) electrons. The Kier molecular flexibility index (Phi) is 6.76. The van der Waals surface area contributed by atoms with Crippen LogP contribution in [0.3, 0.4) is 0 Å². The van der Waals surface area contributed by atoms with Crippen molar-refractivity contribution in [1.29, 1.82) is 0 Å². The predicted molar refractivity (Wildman–Crippen MR) is 234 cm³/mol. The number of fused-ring (bicyclic) bond motifs is 11. The van der Waals surface area contributed by atoms with E-state index in [9.17, 15) is 0 Å². The van der Waals surface area contributed by atoms with Gasteiger partial charge in [0.2, 0.25) is 0 Å². The number of hydrogen-bond acceptors (Lipinski definition) is 5. The largest absolute Gasteiger partial charge is 0.456 e. The lowest BCUT2D eigenvalue weighted by molar-refractivity contribution is 0.669. The molecule has 12 aromatic rings. The summed E-state index contributed by atoms with van der Waals surface area (Å²) in [7, 11) is 0. The summed E-state index contributed by atoms with van der Waals surface area (Å²) in [4.78, 5) is 16.1. The normalized spacial score (nSPS) is 11.9. The first kappa shape index (κ1) is 31.2. The number of rotatable bonds is 4. The van der Waals surface area contributed by atoms with Gasteiger partial charge >= 0.3 is 0 Å². The molecule has 0 aliphatic carbocycles. The van der Waals surface area contributed by atoms with Crippen molar-refractivity contribution in [2.45, 2.75) is 0 Å². The lowest BCUT2D eigenvalue weighted by atomic mass is 9.94. The molecule has 0 unspecified atom stereocenters. The molecule has 56 heavy (non-hydrogen) atoms. The van der Waals surface area contributed by atoms with Crippen molar-refractivity contribution in [3.05, 3.63) is 176 Å². The van der Waals surface area contributed by atoms with Crippen molar-refractivity contribution in [3.63, 3.8) is 0 Å². The number of para-hydroxylation sites is 1. The second-order valence-corrected chi connectivity index (χ2v) is 15.3. The van der Waals surface area contributed by atoms with Crippen LogP contribution in [0.15, 0.2) is 180 Å². The Morgan fingerprint density at radius 1 is 0.321 bits per heavy atom. The van der Waals surface area contributed by atoms with Crippen LogP contribution in [-0.4, -0.2) is 15.0 Å². The van der Waals surface area contributed by atoms with E-state index in [1.165, 1.54) is 42.4 Å². The van der Waals surface area contributed by atoms with Crippen LogP contribution in [0, 0.1) is 0 Å². The number of thiophene rings is 1. The summed E-state index contributed by atoms with van der Waals surface area (Å²) < 4.78 is 8.74. The van der Waals surface area contributed by atoms with Gasteiger partial charge in [0.1, 0.15) is 11.2 Å². The van der Waals surface area contributed by atoms with Gasteiger partial charge in [-0.3, -0.25) is 0 Å². The lowest BCUT2D eigenvalue weighted by Crippen LogP contribution is -2.01. The highest BCUT2D eigenvalue weighted by molar-refractivity contribution is 7.26. The third-order valence-electron chi connectivity index (χ3n) is 11.1. The number of nitrogens with zero attached hydrogens (tertiary/aromatic N) is 3. The molecule has 3 heterocycles. The molecule has 5 heteroatoms. The van der Waals surface area contributed by atoms with Crippen LogP contribution in [0.25, 0.3) is 120 Å². The van der Waals surface area contributed by atoms with Crippen LogP contribution < -0.4 is 0 Å². The molecule has 0 saturated carbocycles. The fourth-order valence-electron chi connectivity index (χ4n) is 8.63. The Labute approximate surface area is 325 Å². The van der Waals surface area contributed by atoms with Gasteiger partial charge in [-0.05, 0) is 67.7 Å². The fraction of sp³-hybridized carbons (Fsp3) is 0. The monoisotopic (exact) mass is 731 g/mol. The molecule has 0 N–H and O–H groups in total. The average Bonchev–Trinajstić information content (AvgIpc) is 3.84. The third-order valence-corrected chi connectivity index (χ3v) is 12.4. The van der Waals surface area contributed by atoms with Crippen LogP contribution >= 0.6 is 11.3 Å². The van der Waals surface area contributed by atoms with Gasteiger partial charge in [-0.15, -0.1) is 11.3 Å². The molecule has 0 atom stereocenters. The van der Waals surface area contributed by atoms with E-state index in [2.05, 4.69) is 158 Å². The van der Waals surface area contributed by atoms with Crippen molar-refractivity contribution in [2.24, 2.45) is 0 Å². The van der Waals surface area contributed by atoms with Crippen molar-refractivity contribution >= 4 is 85.8 Å². The zero-order valence-corrected chi connectivity index (χ0v) is 30.7. The van der Waals surface area contributed by atoms with Crippen LogP contribution in [0.4, 0.5) is 0 Å². The van der Waals surface area contributed by atoms with E-state index in [4.69, 9.17) is 19.4 Å². The SMILES string of the molecule is c1ccc(-c2cccc3oc4ccccc4c23)c(-c2nc(-c3cccc4c3ccc3ccc5ccccc5c34)nc(-c3cccc4c3sc3ccccc34)n2)c1. The van der Waals surface area contributed by atoms with Crippen molar-refractivity contribution < 1.29 is 4.42 Å². The van der Waals surface area contributed by atoms with E-state index in [-0.39, 0.29) is 0 Å². The molecular weight excluding hydrogens is 703 g/mol. The minimum absolute atomic E-state index is 0.617. The van der Waals surface area contributed by atoms with E-state index in [0.29, 0.717) is 17.5 Å². The predicted octanol–water partition coefficient (Wildman–Crippen LogP) is 14.3. The summed E-state index contributed by atoms with van der Waals surface area (Å²) in [5, 5.41) is 11.8. The van der Waals surface area contributed by atoms with Gasteiger partial charge in [0.25, 0.3) is 0 Å². The fourth-order valence-corrected chi connectivity index (χ4v) is 9.84. The number of furan rings is 1. The molecule has 0 spiro atoms. The number of hydrogen-bond donors (Lipinski definition) is 0. The average molecular weight is 732 g/mol. The van der Waals surface area contributed by atoms with Gasteiger partial charge in [0.05, 0.1) is 0 Å². The van der Waals surface area contributed by atoms with Gasteiger partial charge in [-0.1, -0.05) is 152 Å². The maximum Gasteiger partial charge on any atom is 0.165 e. The molecule has 0 aliphatic rings. The van der Waals surface area contributed by atoms with Crippen LogP contribution in [0.5, 0.6) is 0 Å². The summed E-state index contributed by atoms with van der Waals surface area (Å²) in [6.45, 7) is 0. The highest BCUT2D eigenvalue weighted by atomic mass is 32.1. The van der Waals surface area contributed by atoms with Gasteiger partial charge in [-0.25, -0.2) is 15.0 Å². The van der Waals surface area contributed by atoms with Crippen LogP contribution in [0.2, 0.25) is 0 Å². The first-order chi connectivity index (χ1) is 27.8. The van der Waals surface area contributed by atoms with E-state index in [1.54, 1.807) is 11.3 Å². The molecule has 12 rings (SSSR count). The Morgan fingerprint density at radius 2 is 0.893 bits per heavy atom. The molecule has 0 fully saturated rings. The molecule has 0 aliphatic heterocycles. The molecule has 3 aromatic heterocycles. The summed E-state index contributed by atoms with van der Waals surface area (Å²) in [6.07, 6.45) is 0. The van der Waals surface area contributed by atoms with Gasteiger partial charge in [0.15, 0.2) is 17.5 Å². The van der Waals surface area contributed by atoms with E-state index >= 15 is 0 Å². The Morgan fingerprint density at radius 3 is 1.79 bits per heavy atom. The highest BCUT2D eigenvalue weighted by Crippen LogP contribution is 2.43. The van der Waals surface area contributed by atoms with Gasteiger partial charge in [-0.2, -0.15) is 0 Å². The summed E-state index contributed by atoms with van der Waals surface area (Å²) in [5.74, 6) is 1.90.